The average molecular weight is 1340 g/mol. The topological polar surface area (TPSA) is 172 Å². The zero-order valence-electron chi connectivity index (χ0n) is 63.0. The van der Waals surface area contributed by atoms with Crippen molar-refractivity contribution in [1.82, 2.24) is 19.9 Å². The quantitative estimate of drug-likeness (QED) is 0.150. The fraction of sp³-hybridized carbons (Fsp3) is 0.153. The van der Waals surface area contributed by atoms with Crippen LogP contribution >= 0.6 is 0 Å². The van der Waals surface area contributed by atoms with E-state index >= 15 is 0 Å². The van der Waals surface area contributed by atoms with Gasteiger partial charge in [0.25, 0.3) is 11.6 Å². The van der Waals surface area contributed by atoms with E-state index in [1.165, 1.54) is 5.56 Å². The zero-order chi connectivity index (χ0) is 74.2. The molecule has 20 aromatic rings. The molecule has 12 heterocycles. The van der Waals surface area contributed by atoms with Crippen LogP contribution in [0.15, 0.2) is 237 Å². The first-order valence-corrected chi connectivity index (χ1v) is 33.2. The van der Waals surface area contributed by atoms with Crippen LogP contribution in [-0.2, 0) is 28.2 Å². The molecule has 0 N–H and O–H groups in total. The third-order valence-corrected chi connectivity index (χ3v) is 19.1. The van der Waals surface area contributed by atoms with E-state index < -0.39 is 13.7 Å². The normalized spacial score (nSPS) is 13.0. The van der Waals surface area contributed by atoms with Crippen LogP contribution in [-0.4, -0.2) is 19.9 Å². The second kappa shape index (κ2) is 24.2. The van der Waals surface area contributed by atoms with Gasteiger partial charge in [0.05, 0.1) is 85.6 Å². The molecule has 0 unspecified atom stereocenters. The molecule has 0 fully saturated rings. The van der Waals surface area contributed by atoms with E-state index in [4.69, 9.17) is 43.6 Å². The van der Waals surface area contributed by atoms with Crippen molar-refractivity contribution < 1.29 is 61.8 Å². The van der Waals surface area contributed by atoms with Crippen molar-refractivity contribution in [3.63, 3.8) is 0 Å². The highest BCUT2D eigenvalue weighted by Gasteiger charge is 2.28. The molecule has 20 rings (SSSR count). The van der Waals surface area contributed by atoms with Crippen molar-refractivity contribution in [2.24, 2.45) is 28.2 Å². The van der Waals surface area contributed by atoms with Gasteiger partial charge in [-0.05, 0) is 136 Å². The number of fused-ring (bicyclic) bond motifs is 20. The number of aryl methyl sites for hydroxylation is 10. The summed E-state index contributed by atoms with van der Waals surface area (Å²) in [6.07, 6.45) is 15.9. The Labute approximate surface area is 586 Å². The van der Waals surface area contributed by atoms with Crippen LogP contribution in [0, 0.1) is 41.4 Å². The van der Waals surface area contributed by atoms with Crippen molar-refractivity contribution in [1.29, 1.82) is 0 Å². The van der Waals surface area contributed by atoms with Crippen molar-refractivity contribution in [2.75, 3.05) is 0 Å². The molecule has 0 aliphatic carbocycles. The minimum atomic E-state index is -2.25. The second-order valence-corrected chi connectivity index (χ2v) is 26.1. The van der Waals surface area contributed by atoms with Gasteiger partial charge >= 0.3 is 0 Å². The summed E-state index contributed by atoms with van der Waals surface area (Å²) >= 11 is 0. The Bertz CT molecular complexity index is 6980. The molecule has 0 atom stereocenters. The summed E-state index contributed by atoms with van der Waals surface area (Å²) in [7, 11) is 7.70. The Kier molecular flexibility index (Phi) is 13.3. The monoisotopic (exact) mass is 1340 g/mol. The molecule has 12 aromatic heterocycles. The summed E-state index contributed by atoms with van der Waals surface area (Å²) in [6.45, 7) is 8.06. The second-order valence-electron chi connectivity index (χ2n) is 26.1. The predicted octanol–water partition coefficient (Wildman–Crippen LogP) is 19.8. The summed E-state index contributed by atoms with van der Waals surface area (Å²) in [4.78, 5) is 17.2. The van der Waals surface area contributed by atoms with Gasteiger partial charge in [0, 0.05) is 35.7 Å². The summed E-state index contributed by atoms with van der Waals surface area (Å²) in [5.74, 6) is 1.49. The van der Waals surface area contributed by atoms with Crippen molar-refractivity contribution in [3.8, 4) is 45.0 Å². The molecule has 0 spiro atoms. The lowest BCUT2D eigenvalue weighted by molar-refractivity contribution is -0.661. The first-order chi connectivity index (χ1) is 51.4. The molecule has 16 heteroatoms. The molecule has 0 amide bonds. The molecule has 0 saturated heterocycles. The Morgan fingerprint density at radius 3 is 1.21 bits per heavy atom. The minimum absolute atomic E-state index is 0.0581. The lowest BCUT2D eigenvalue weighted by Gasteiger charge is -2.07. The number of rotatable bonds is 5. The van der Waals surface area contributed by atoms with Crippen molar-refractivity contribution in [2.45, 2.75) is 61.2 Å². The van der Waals surface area contributed by atoms with Gasteiger partial charge in [0.1, 0.15) is 78.8 Å². The Hall–Kier alpha value is -12.6. The number of nitrogens with zero attached hydrogens (tertiary/aromatic N) is 8. The molecule has 0 radical (unpaired) electrons. The third-order valence-electron chi connectivity index (χ3n) is 19.1. The van der Waals surface area contributed by atoms with Gasteiger partial charge in [-0.3, -0.25) is 4.98 Å². The highest BCUT2D eigenvalue weighted by molar-refractivity contribution is 6.20. The van der Waals surface area contributed by atoms with Crippen LogP contribution in [0.3, 0.4) is 0 Å². The maximum atomic E-state index is 7.57. The van der Waals surface area contributed by atoms with Crippen LogP contribution in [0.5, 0.6) is 0 Å². The van der Waals surface area contributed by atoms with Gasteiger partial charge in [-0.25, -0.2) is 15.0 Å². The van der Waals surface area contributed by atoms with E-state index in [-0.39, 0.29) is 11.4 Å². The Morgan fingerprint density at radius 2 is 0.762 bits per heavy atom. The van der Waals surface area contributed by atoms with Gasteiger partial charge in [0.2, 0.25) is 22.8 Å². The summed E-state index contributed by atoms with van der Waals surface area (Å²) in [6, 6.07) is 48.2. The van der Waals surface area contributed by atoms with E-state index in [1.54, 1.807) is 40.1 Å². The summed E-state index contributed by atoms with van der Waals surface area (Å²) < 4.78 is 102. The van der Waals surface area contributed by atoms with Crippen LogP contribution in [0.1, 0.15) is 67.3 Å². The molecular formula is C85H70N8O8+4. The van der Waals surface area contributed by atoms with Crippen molar-refractivity contribution in [3.05, 3.63) is 241 Å². The minimum Gasteiger partial charge on any atom is -0.452 e. The van der Waals surface area contributed by atoms with E-state index in [1.807, 2.05) is 163 Å². The van der Waals surface area contributed by atoms with Crippen LogP contribution in [0.2, 0.25) is 0 Å². The molecule has 0 aliphatic rings. The van der Waals surface area contributed by atoms with Gasteiger partial charge in [0.15, 0.2) is 58.3 Å². The molecule has 16 nitrogen and oxygen atoms in total. The molecule has 494 valence electrons. The molecule has 101 heavy (non-hydrogen) atoms. The SMILES string of the molecule is Cc1cc2c(cc1-c1cnc(C(C)C)c[n+]1C)oc1oc3ccccc3c12.Cc1ccc2c(oc3c4ccccc4oc23)c1-c1cncc[n+]1C.[2H]C([2H])([2H])c1c[n+](C)c(-c2c(C)ccc3c2oc2c4ccccc4oc32)cn1.[2H]C([2H])([2H])c1c[n+](C)c(-c2cc3oc4oc5ccccc5c4c3cc2C)cn1. The van der Waals surface area contributed by atoms with Crippen LogP contribution < -0.4 is 18.3 Å². The molecule has 0 saturated carbocycles. The number of hydrogen-bond acceptors (Lipinski definition) is 12. The lowest BCUT2D eigenvalue weighted by Crippen LogP contribution is -2.32. The summed E-state index contributed by atoms with van der Waals surface area (Å²) in [5, 5.41) is 10.0. The molecule has 0 aliphatic heterocycles. The molecular weight excluding hydrogens is 1260 g/mol. The number of furan rings is 8. The van der Waals surface area contributed by atoms with Gasteiger partial charge in [-0.1, -0.05) is 86.6 Å². The zero-order valence-corrected chi connectivity index (χ0v) is 57.0. The fourth-order valence-electron chi connectivity index (χ4n) is 14.0. The van der Waals surface area contributed by atoms with E-state index in [0.717, 1.165) is 172 Å². The van der Waals surface area contributed by atoms with Gasteiger partial charge in [-0.15, -0.1) is 0 Å². The number of benzene rings is 8. The van der Waals surface area contributed by atoms with Gasteiger partial charge < -0.3 is 35.3 Å². The largest absolute Gasteiger partial charge is 0.452 e. The van der Waals surface area contributed by atoms with Crippen molar-refractivity contribution >= 4 is 132 Å². The smallest absolute Gasteiger partial charge is 0.299 e. The van der Waals surface area contributed by atoms with Gasteiger partial charge in [-0.2, -0.15) is 18.3 Å². The Morgan fingerprint density at radius 1 is 0.356 bits per heavy atom. The maximum absolute atomic E-state index is 7.57. The average Bonchev–Trinajstić information content (AvgIpc) is 1.61. The molecule has 0 bridgehead atoms. The van der Waals surface area contributed by atoms with E-state index in [0.29, 0.717) is 34.2 Å². The van der Waals surface area contributed by atoms with Crippen LogP contribution in [0.4, 0.5) is 0 Å². The fourth-order valence-corrected chi connectivity index (χ4v) is 14.0. The predicted molar refractivity (Wildman–Crippen MR) is 394 cm³/mol. The first kappa shape index (κ1) is 55.4. The number of para-hydroxylation sites is 4. The first-order valence-electron chi connectivity index (χ1n) is 36.2. The van der Waals surface area contributed by atoms with E-state index in [2.05, 4.69) is 106 Å². The highest BCUT2D eigenvalue weighted by Crippen LogP contribution is 2.45. The lowest BCUT2D eigenvalue weighted by atomic mass is 10.0. The Balaban J connectivity index is 0.000000105. The number of hydrogen-bond donors (Lipinski definition) is 0. The summed E-state index contributed by atoms with van der Waals surface area (Å²) in [5.41, 5.74) is 22.7. The standard InChI is InChI=1S/C23H21N2O2.2C21H17N2O2.C20H15N2O2/c1-13(2)18-12-25(4)19(11-24-18)16-10-21-17(9-14(16)3)22-15-7-5-6-8-20(15)26-23(22)27-21;1-12-8-16-19(9-15(12)17-10-22-13(2)11-23(17)3)25-21-20(16)14-6-4-5-7-18(14)24-21;1-12-8-9-15-19(18(12)16-10-22-13(2)11-23(16)3)25-20-14-6-4-5-7-17(14)24-21(15)20;1-12-7-8-14-18(17(12)15-11-21-9-10-22(15)2)24-19-13-5-3-4-6-16(13)23-20(14)19/h5-13H,1-4H3;2*4-11H,1-3H3;3-11H,1-2H3/q4*+1/i;2*2D3;. The molecule has 8 aromatic carbocycles. The van der Waals surface area contributed by atoms with Crippen LogP contribution in [0.25, 0.3) is 177 Å². The highest BCUT2D eigenvalue weighted by atomic mass is 16.5. The maximum Gasteiger partial charge on any atom is 0.299 e. The third kappa shape index (κ3) is 10.4. The number of aromatic nitrogens is 8. The van der Waals surface area contributed by atoms with E-state index in [9.17, 15) is 0 Å².